The number of methoxy groups -OCH3 is 1. The normalized spacial score (nSPS) is 14.3. The molecule has 6 nitrogen and oxygen atoms in total. The van der Waals surface area contributed by atoms with Crippen LogP contribution in [0.4, 0.5) is 4.39 Å². The third-order valence-corrected chi connectivity index (χ3v) is 5.81. The van der Waals surface area contributed by atoms with Gasteiger partial charge in [0.05, 0.1) is 30.5 Å². The Morgan fingerprint density at radius 3 is 2.67 bits per heavy atom. The van der Waals surface area contributed by atoms with Crippen molar-refractivity contribution in [1.82, 2.24) is 19.1 Å². The van der Waals surface area contributed by atoms with Gasteiger partial charge in [-0.25, -0.2) is 9.37 Å². The fourth-order valence-corrected chi connectivity index (χ4v) is 4.26. The highest BCUT2D eigenvalue weighted by atomic mass is 19.1. The summed E-state index contributed by atoms with van der Waals surface area (Å²) in [6, 6.07) is 13.7. The van der Waals surface area contributed by atoms with Crippen molar-refractivity contribution in [3.8, 4) is 22.7 Å². The van der Waals surface area contributed by atoms with Gasteiger partial charge in [0.2, 0.25) is 0 Å². The van der Waals surface area contributed by atoms with Gasteiger partial charge in [-0.05, 0) is 78.9 Å². The van der Waals surface area contributed by atoms with Crippen LogP contribution in [0.2, 0.25) is 0 Å². The van der Waals surface area contributed by atoms with Crippen LogP contribution in [0.5, 0.6) is 5.75 Å². The SMILES string of the molecule is COc1cc(/C=C2/CCCn3c(-c4ccc(F)cc4)cc(=O)nc32)ccc1-n1cnc(C)c1. The molecule has 0 aliphatic carbocycles. The molecule has 0 atom stereocenters. The highest BCUT2D eigenvalue weighted by Gasteiger charge is 2.19. The van der Waals surface area contributed by atoms with Crippen molar-refractivity contribution in [3.05, 3.63) is 94.3 Å². The van der Waals surface area contributed by atoms with Crippen LogP contribution in [0.15, 0.2) is 65.8 Å². The minimum absolute atomic E-state index is 0.308. The molecule has 2 aromatic carbocycles. The van der Waals surface area contributed by atoms with Gasteiger partial charge in [-0.3, -0.25) is 4.79 Å². The Labute approximate surface area is 190 Å². The standard InChI is InChI=1S/C26H23FN4O2/c1-17-15-30(16-28-17)22-10-5-18(13-24(22)33-2)12-20-4-3-11-31-23(14-25(32)29-26(20)31)19-6-8-21(27)9-7-19/h5-10,12-16H,3-4,11H2,1-2H3/b20-12-. The summed E-state index contributed by atoms with van der Waals surface area (Å²) in [5.74, 6) is 1.07. The summed E-state index contributed by atoms with van der Waals surface area (Å²) in [6.07, 6.45) is 7.49. The summed E-state index contributed by atoms with van der Waals surface area (Å²) in [6.45, 7) is 2.69. The minimum Gasteiger partial charge on any atom is -0.495 e. The average Bonchev–Trinajstić information content (AvgIpc) is 3.25. The van der Waals surface area contributed by atoms with Gasteiger partial charge < -0.3 is 13.9 Å². The molecule has 33 heavy (non-hydrogen) atoms. The van der Waals surface area contributed by atoms with E-state index in [0.717, 1.165) is 58.9 Å². The van der Waals surface area contributed by atoms with Crippen LogP contribution in [0.25, 0.3) is 28.6 Å². The molecule has 0 N–H and O–H groups in total. The van der Waals surface area contributed by atoms with E-state index in [2.05, 4.69) is 16.0 Å². The third-order valence-electron chi connectivity index (χ3n) is 5.81. The Hall–Kier alpha value is -4.00. The van der Waals surface area contributed by atoms with Crippen molar-refractivity contribution in [1.29, 1.82) is 0 Å². The fraction of sp³-hybridized carbons (Fsp3) is 0.192. The zero-order valence-corrected chi connectivity index (χ0v) is 18.5. The predicted molar refractivity (Wildman–Crippen MR) is 126 cm³/mol. The number of aryl methyl sites for hydroxylation is 1. The molecule has 0 fully saturated rings. The molecular weight excluding hydrogens is 419 g/mol. The number of aromatic nitrogens is 4. The molecule has 0 saturated carbocycles. The highest BCUT2D eigenvalue weighted by Crippen LogP contribution is 2.32. The number of halogens is 1. The van der Waals surface area contributed by atoms with Gasteiger partial charge in [-0.2, -0.15) is 4.98 Å². The Bertz CT molecular complexity index is 1420. The number of allylic oxidation sites excluding steroid dienone is 1. The van der Waals surface area contributed by atoms with E-state index in [-0.39, 0.29) is 11.4 Å². The maximum Gasteiger partial charge on any atom is 0.273 e. The molecule has 0 radical (unpaired) electrons. The highest BCUT2D eigenvalue weighted by molar-refractivity contribution is 5.81. The lowest BCUT2D eigenvalue weighted by molar-refractivity contribution is 0.413. The van der Waals surface area contributed by atoms with Gasteiger partial charge in [0, 0.05) is 18.8 Å². The lowest BCUT2D eigenvalue weighted by atomic mass is 10.00. The van der Waals surface area contributed by atoms with Gasteiger partial charge in [0.25, 0.3) is 5.56 Å². The number of nitrogens with zero attached hydrogens (tertiary/aromatic N) is 4. The summed E-state index contributed by atoms with van der Waals surface area (Å²) < 4.78 is 23.0. The van der Waals surface area contributed by atoms with Crippen molar-refractivity contribution >= 4 is 11.6 Å². The second-order valence-electron chi connectivity index (χ2n) is 8.09. The largest absolute Gasteiger partial charge is 0.495 e. The Morgan fingerprint density at radius 1 is 1.12 bits per heavy atom. The van der Waals surface area contributed by atoms with Crippen molar-refractivity contribution in [2.24, 2.45) is 0 Å². The van der Waals surface area contributed by atoms with Crippen molar-refractivity contribution in [3.63, 3.8) is 0 Å². The van der Waals surface area contributed by atoms with Crippen LogP contribution in [0.3, 0.4) is 0 Å². The molecule has 0 spiro atoms. The average molecular weight is 442 g/mol. The van der Waals surface area contributed by atoms with Crippen LogP contribution in [-0.2, 0) is 6.54 Å². The van der Waals surface area contributed by atoms with E-state index in [0.29, 0.717) is 5.82 Å². The number of fused-ring (bicyclic) bond motifs is 1. The number of imidazole rings is 1. The number of hydrogen-bond acceptors (Lipinski definition) is 4. The summed E-state index contributed by atoms with van der Waals surface area (Å²) in [4.78, 5) is 21.1. The second-order valence-corrected chi connectivity index (χ2v) is 8.09. The van der Waals surface area contributed by atoms with Crippen molar-refractivity contribution < 1.29 is 9.13 Å². The first-order chi connectivity index (χ1) is 16.0. The Balaban J connectivity index is 1.58. The Kier molecular flexibility index (Phi) is 5.38. The maximum atomic E-state index is 13.4. The van der Waals surface area contributed by atoms with Crippen molar-refractivity contribution in [2.45, 2.75) is 26.3 Å². The van der Waals surface area contributed by atoms with Crippen LogP contribution >= 0.6 is 0 Å². The monoisotopic (exact) mass is 442 g/mol. The molecule has 2 aromatic heterocycles. The van der Waals surface area contributed by atoms with Gasteiger partial charge in [-0.15, -0.1) is 0 Å². The van der Waals surface area contributed by atoms with Crippen LogP contribution < -0.4 is 10.3 Å². The van der Waals surface area contributed by atoms with Gasteiger partial charge in [0.15, 0.2) is 0 Å². The molecule has 5 rings (SSSR count). The predicted octanol–water partition coefficient (Wildman–Crippen LogP) is 4.89. The van der Waals surface area contributed by atoms with E-state index < -0.39 is 0 Å². The summed E-state index contributed by atoms with van der Waals surface area (Å²) >= 11 is 0. The molecule has 0 unspecified atom stereocenters. The zero-order valence-electron chi connectivity index (χ0n) is 18.5. The maximum absolute atomic E-state index is 13.4. The van der Waals surface area contributed by atoms with E-state index >= 15 is 0 Å². The lowest BCUT2D eigenvalue weighted by Crippen LogP contribution is -2.22. The molecule has 0 bridgehead atoms. The molecule has 1 aliphatic rings. The van der Waals surface area contributed by atoms with Gasteiger partial charge in [-0.1, -0.05) is 6.07 Å². The van der Waals surface area contributed by atoms with Crippen LogP contribution in [0, 0.1) is 12.7 Å². The van der Waals surface area contributed by atoms with Gasteiger partial charge >= 0.3 is 0 Å². The van der Waals surface area contributed by atoms with Gasteiger partial charge in [0.1, 0.15) is 17.4 Å². The lowest BCUT2D eigenvalue weighted by Gasteiger charge is -2.24. The van der Waals surface area contributed by atoms with E-state index in [1.54, 1.807) is 25.6 Å². The first-order valence-corrected chi connectivity index (χ1v) is 10.8. The quantitative estimate of drug-likeness (QED) is 0.452. The molecule has 4 aromatic rings. The molecule has 0 amide bonds. The van der Waals surface area contributed by atoms with Crippen molar-refractivity contribution in [2.75, 3.05) is 7.11 Å². The summed E-state index contributed by atoms with van der Waals surface area (Å²) in [5.41, 5.74) is 5.00. The second kappa shape index (κ2) is 8.50. The zero-order chi connectivity index (χ0) is 22.9. The molecule has 1 aliphatic heterocycles. The molecule has 166 valence electrons. The number of benzene rings is 2. The molecular formula is C26H23FN4O2. The number of rotatable bonds is 4. The number of hydrogen-bond donors (Lipinski definition) is 0. The smallest absolute Gasteiger partial charge is 0.273 e. The third kappa shape index (κ3) is 4.09. The summed E-state index contributed by atoms with van der Waals surface area (Å²) in [5, 5.41) is 0. The first-order valence-electron chi connectivity index (χ1n) is 10.8. The summed E-state index contributed by atoms with van der Waals surface area (Å²) in [7, 11) is 1.64. The molecule has 3 heterocycles. The van der Waals surface area contributed by atoms with E-state index in [1.165, 1.54) is 18.2 Å². The van der Waals surface area contributed by atoms with Crippen LogP contribution in [-0.4, -0.2) is 26.2 Å². The molecule has 0 saturated heterocycles. The fourth-order valence-electron chi connectivity index (χ4n) is 4.26. The molecule has 7 heteroatoms. The van der Waals surface area contributed by atoms with E-state index in [1.807, 2.05) is 40.5 Å². The first kappa shape index (κ1) is 20.9. The van der Waals surface area contributed by atoms with E-state index in [9.17, 15) is 9.18 Å². The minimum atomic E-state index is -0.309. The number of ether oxygens (including phenoxy) is 1. The van der Waals surface area contributed by atoms with Crippen LogP contribution in [0.1, 0.15) is 29.9 Å². The Morgan fingerprint density at radius 2 is 1.94 bits per heavy atom. The topological polar surface area (TPSA) is 61.9 Å². The van der Waals surface area contributed by atoms with E-state index in [4.69, 9.17) is 4.74 Å².